The van der Waals surface area contributed by atoms with E-state index in [1.165, 1.54) is 0 Å². The number of nitrogens with one attached hydrogen (secondary N) is 1. The quantitative estimate of drug-likeness (QED) is 0.946. The minimum atomic E-state index is -0.164. The summed E-state index contributed by atoms with van der Waals surface area (Å²) in [5, 5.41) is 2.95. The van der Waals surface area contributed by atoms with Crippen LogP contribution in [0.3, 0.4) is 0 Å². The summed E-state index contributed by atoms with van der Waals surface area (Å²) in [4.78, 5) is 26.9. The van der Waals surface area contributed by atoms with Gasteiger partial charge in [0, 0.05) is 17.2 Å². The zero-order valence-electron chi connectivity index (χ0n) is 13.3. The Morgan fingerprint density at radius 2 is 1.67 bits per heavy atom. The molecule has 2 aromatic carbocycles. The Bertz CT molecular complexity index is 852. The predicted octanol–water partition coefficient (Wildman–Crippen LogP) is 2.99. The number of anilines is 1. The van der Waals surface area contributed by atoms with Gasteiger partial charge in [0.1, 0.15) is 6.54 Å². The van der Waals surface area contributed by atoms with Gasteiger partial charge in [-0.15, -0.1) is 0 Å². The highest BCUT2D eigenvalue weighted by Gasteiger charge is 2.31. The van der Waals surface area contributed by atoms with Gasteiger partial charge in [-0.3, -0.25) is 14.5 Å². The molecule has 1 aliphatic heterocycles. The normalized spacial score (nSPS) is 16.2. The molecule has 1 N–H and O–H groups in total. The van der Waals surface area contributed by atoms with Gasteiger partial charge in [-0.1, -0.05) is 43.0 Å². The highest BCUT2D eigenvalue weighted by molar-refractivity contribution is 6.15. The summed E-state index contributed by atoms with van der Waals surface area (Å²) >= 11 is 0. The summed E-state index contributed by atoms with van der Waals surface area (Å²) in [6.07, 6.45) is 2.05. The van der Waals surface area contributed by atoms with Crippen molar-refractivity contribution in [3.05, 3.63) is 71.8 Å². The highest BCUT2D eigenvalue weighted by atomic mass is 16.2. The largest absolute Gasteiger partial charge is 0.352 e. The Morgan fingerprint density at radius 1 is 1.04 bits per heavy atom. The lowest BCUT2D eigenvalue weighted by Gasteiger charge is -2.22. The smallest absolute Gasteiger partial charge is 0.259 e. The topological polar surface area (TPSA) is 49.4 Å². The maximum atomic E-state index is 13.1. The summed E-state index contributed by atoms with van der Waals surface area (Å²) in [5.74, 6) is -0.284. The van der Waals surface area contributed by atoms with Crippen LogP contribution in [0.25, 0.3) is 5.57 Å². The Labute approximate surface area is 140 Å². The van der Waals surface area contributed by atoms with Crippen LogP contribution in [0.15, 0.2) is 55.1 Å². The zero-order valence-corrected chi connectivity index (χ0v) is 13.3. The fraction of sp³-hybridized carbons (Fsp3) is 0.200. The van der Waals surface area contributed by atoms with Crippen molar-refractivity contribution in [2.45, 2.75) is 18.9 Å². The molecule has 120 valence electrons. The molecule has 1 aliphatic carbocycles. The van der Waals surface area contributed by atoms with Crippen molar-refractivity contribution in [3.63, 3.8) is 0 Å². The fourth-order valence-electron chi connectivity index (χ4n) is 3.10. The summed E-state index contributed by atoms with van der Waals surface area (Å²) < 4.78 is 0. The first-order valence-corrected chi connectivity index (χ1v) is 8.14. The number of rotatable bonds is 3. The van der Waals surface area contributed by atoms with Gasteiger partial charge in [-0.25, -0.2) is 0 Å². The van der Waals surface area contributed by atoms with Crippen LogP contribution in [0, 0.1) is 0 Å². The van der Waals surface area contributed by atoms with Crippen LogP contribution in [0.5, 0.6) is 0 Å². The standard InChI is InChI=1S/C20H18N2O2/c1-13-15-6-2-3-8-17(15)20(24)22(12-19(23)21-14-10-11-14)18-9-5-4-7-16(13)18/h2-9,14H,1,10-12H2,(H,21,23). The summed E-state index contributed by atoms with van der Waals surface area (Å²) in [7, 11) is 0. The molecule has 0 bridgehead atoms. The van der Waals surface area contributed by atoms with Gasteiger partial charge in [-0.2, -0.15) is 0 Å². The molecule has 4 heteroatoms. The van der Waals surface area contributed by atoms with Crippen molar-refractivity contribution in [1.82, 2.24) is 5.32 Å². The van der Waals surface area contributed by atoms with Gasteiger partial charge < -0.3 is 5.32 Å². The number of amides is 2. The SMILES string of the molecule is C=C1c2ccccc2C(=O)N(CC(=O)NC2CC2)c2ccccc21. The number of para-hydroxylation sites is 1. The van der Waals surface area contributed by atoms with Gasteiger partial charge in [0.05, 0.1) is 5.69 Å². The number of hydrogen-bond acceptors (Lipinski definition) is 2. The number of nitrogens with zero attached hydrogens (tertiary/aromatic N) is 1. The van der Waals surface area contributed by atoms with E-state index in [0.717, 1.165) is 35.2 Å². The van der Waals surface area contributed by atoms with E-state index in [4.69, 9.17) is 0 Å². The van der Waals surface area contributed by atoms with Gasteiger partial charge in [0.2, 0.25) is 5.91 Å². The van der Waals surface area contributed by atoms with E-state index >= 15 is 0 Å². The van der Waals surface area contributed by atoms with E-state index in [1.807, 2.05) is 42.5 Å². The van der Waals surface area contributed by atoms with E-state index in [0.29, 0.717) is 5.56 Å². The summed E-state index contributed by atoms with van der Waals surface area (Å²) in [5.41, 5.74) is 3.82. The second kappa shape index (κ2) is 5.64. The van der Waals surface area contributed by atoms with Crippen LogP contribution in [-0.2, 0) is 4.79 Å². The molecule has 0 unspecified atom stereocenters. The Balaban J connectivity index is 1.79. The molecule has 0 radical (unpaired) electrons. The lowest BCUT2D eigenvalue weighted by Crippen LogP contribution is -2.41. The molecule has 1 saturated carbocycles. The molecule has 0 aromatic heterocycles. The molecule has 4 nitrogen and oxygen atoms in total. The number of fused-ring (bicyclic) bond motifs is 2. The molecular weight excluding hydrogens is 300 g/mol. The van der Waals surface area contributed by atoms with Crippen molar-refractivity contribution in [2.75, 3.05) is 11.4 Å². The Hall–Kier alpha value is -2.88. The maximum Gasteiger partial charge on any atom is 0.259 e. The third kappa shape index (κ3) is 2.50. The number of carbonyl (C=O) groups is 2. The van der Waals surface area contributed by atoms with Crippen molar-refractivity contribution < 1.29 is 9.59 Å². The van der Waals surface area contributed by atoms with Gasteiger partial charge in [-0.05, 0) is 36.1 Å². The van der Waals surface area contributed by atoms with Gasteiger partial charge in [0.25, 0.3) is 5.91 Å². The third-order valence-electron chi connectivity index (χ3n) is 4.49. The molecule has 1 fully saturated rings. The maximum absolute atomic E-state index is 13.1. The summed E-state index contributed by atoms with van der Waals surface area (Å²) in [6, 6.07) is 15.3. The van der Waals surface area contributed by atoms with E-state index in [1.54, 1.807) is 11.0 Å². The van der Waals surface area contributed by atoms with Crippen LogP contribution in [0.1, 0.15) is 34.3 Å². The van der Waals surface area contributed by atoms with Gasteiger partial charge >= 0.3 is 0 Å². The predicted molar refractivity (Wildman–Crippen MR) is 93.9 cm³/mol. The van der Waals surface area contributed by atoms with Crippen LogP contribution in [0.2, 0.25) is 0 Å². The molecule has 0 spiro atoms. The van der Waals surface area contributed by atoms with Crippen LogP contribution in [-0.4, -0.2) is 24.4 Å². The Morgan fingerprint density at radius 3 is 2.38 bits per heavy atom. The average Bonchev–Trinajstić information content (AvgIpc) is 3.42. The van der Waals surface area contributed by atoms with E-state index < -0.39 is 0 Å². The second-order valence-electron chi connectivity index (χ2n) is 6.27. The lowest BCUT2D eigenvalue weighted by atomic mass is 9.96. The summed E-state index contributed by atoms with van der Waals surface area (Å²) in [6.45, 7) is 4.21. The molecule has 2 amide bonds. The zero-order chi connectivity index (χ0) is 16.7. The molecule has 4 rings (SSSR count). The fourth-order valence-corrected chi connectivity index (χ4v) is 3.10. The van der Waals surface area contributed by atoms with E-state index in [2.05, 4.69) is 11.9 Å². The van der Waals surface area contributed by atoms with Crippen molar-refractivity contribution >= 4 is 23.1 Å². The van der Waals surface area contributed by atoms with Crippen LogP contribution < -0.4 is 10.2 Å². The second-order valence-corrected chi connectivity index (χ2v) is 6.27. The minimum Gasteiger partial charge on any atom is -0.352 e. The monoisotopic (exact) mass is 318 g/mol. The number of hydrogen-bond donors (Lipinski definition) is 1. The molecule has 24 heavy (non-hydrogen) atoms. The van der Waals surface area contributed by atoms with Crippen molar-refractivity contribution in [1.29, 1.82) is 0 Å². The van der Waals surface area contributed by atoms with Crippen LogP contribution in [0.4, 0.5) is 5.69 Å². The third-order valence-corrected chi connectivity index (χ3v) is 4.49. The van der Waals surface area contributed by atoms with Crippen molar-refractivity contribution in [2.24, 2.45) is 0 Å². The molecule has 2 aliphatic rings. The Kier molecular flexibility index (Phi) is 3.45. The lowest BCUT2D eigenvalue weighted by molar-refractivity contribution is -0.119. The molecular formula is C20H18N2O2. The van der Waals surface area contributed by atoms with Gasteiger partial charge in [0.15, 0.2) is 0 Å². The molecule has 0 saturated heterocycles. The van der Waals surface area contributed by atoms with E-state index in [9.17, 15) is 9.59 Å². The minimum absolute atomic E-state index is 0.0218. The highest BCUT2D eigenvalue weighted by Crippen LogP contribution is 2.36. The first kappa shape index (κ1) is 14.7. The molecule has 1 heterocycles. The first-order chi connectivity index (χ1) is 11.6. The van der Waals surface area contributed by atoms with Crippen LogP contribution >= 0.6 is 0 Å². The molecule has 0 atom stereocenters. The van der Waals surface area contributed by atoms with Crippen molar-refractivity contribution in [3.8, 4) is 0 Å². The first-order valence-electron chi connectivity index (χ1n) is 8.14. The number of carbonyl (C=O) groups excluding carboxylic acids is 2. The average molecular weight is 318 g/mol. The molecule has 2 aromatic rings. The number of benzene rings is 2. The van der Waals surface area contributed by atoms with E-state index in [-0.39, 0.29) is 24.4 Å².